The third-order valence-electron chi connectivity index (χ3n) is 5.26. The molecule has 2 aromatic carbocycles. The normalized spacial score (nSPS) is 14.9. The van der Waals surface area contributed by atoms with Crippen LogP contribution in [0.3, 0.4) is 0 Å². The van der Waals surface area contributed by atoms with Crippen molar-refractivity contribution in [1.29, 1.82) is 0 Å². The Kier molecular flexibility index (Phi) is 5.41. The van der Waals surface area contributed by atoms with Gasteiger partial charge in [-0.2, -0.15) is 4.98 Å². The van der Waals surface area contributed by atoms with Gasteiger partial charge in [-0.25, -0.2) is 4.40 Å². The molecular formula is C22H24N6O2. The Hall–Kier alpha value is -3.23. The van der Waals surface area contributed by atoms with Crippen molar-refractivity contribution < 1.29 is 9.47 Å². The number of rotatable bonds is 7. The zero-order chi connectivity index (χ0) is 20.2. The number of nitrogens with one attached hydrogen (secondary N) is 1. The van der Waals surface area contributed by atoms with E-state index >= 15 is 0 Å². The largest absolute Gasteiger partial charge is 0.425 e. The molecule has 2 aromatic heterocycles. The van der Waals surface area contributed by atoms with Gasteiger partial charge in [-0.3, -0.25) is 4.90 Å². The molecule has 0 saturated carbocycles. The van der Waals surface area contributed by atoms with E-state index in [4.69, 9.17) is 9.47 Å². The molecule has 1 aliphatic rings. The Morgan fingerprint density at radius 2 is 1.87 bits per heavy atom. The van der Waals surface area contributed by atoms with Crippen LogP contribution in [0.2, 0.25) is 0 Å². The lowest BCUT2D eigenvalue weighted by molar-refractivity contribution is 0.0378. The highest BCUT2D eigenvalue weighted by molar-refractivity contribution is 5.91. The van der Waals surface area contributed by atoms with Crippen LogP contribution < -0.4 is 10.1 Å². The fourth-order valence-electron chi connectivity index (χ4n) is 3.65. The molecule has 0 unspecified atom stereocenters. The molecule has 1 N–H and O–H groups in total. The molecule has 0 bridgehead atoms. The number of hydrogen-bond donors (Lipinski definition) is 1. The van der Waals surface area contributed by atoms with E-state index in [9.17, 15) is 0 Å². The summed E-state index contributed by atoms with van der Waals surface area (Å²) in [4.78, 5) is 7.08. The summed E-state index contributed by atoms with van der Waals surface area (Å²) in [5.74, 6) is 0.714. The molecule has 8 heteroatoms. The summed E-state index contributed by atoms with van der Waals surface area (Å²) in [6.07, 6.45) is 2.72. The van der Waals surface area contributed by atoms with Crippen molar-refractivity contribution in [3.63, 3.8) is 0 Å². The number of morpholine rings is 1. The van der Waals surface area contributed by atoms with Crippen molar-refractivity contribution in [1.82, 2.24) is 24.5 Å². The summed E-state index contributed by atoms with van der Waals surface area (Å²) in [5.41, 5.74) is 2.63. The Morgan fingerprint density at radius 1 is 1.03 bits per heavy atom. The monoisotopic (exact) mass is 404 g/mol. The molecular weight excluding hydrogens is 380 g/mol. The fraction of sp³-hybridized carbons (Fsp3) is 0.318. The number of para-hydroxylation sites is 1. The van der Waals surface area contributed by atoms with E-state index in [0.29, 0.717) is 11.8 Å². The SMILES string of the molecule is c1ccc2c(c1)nc(Oc1ccc(NCCCN3CCOCC3)cc1)n1cnnc21. The average Bonchev–Trinajstić information content (AvgIpc) is 3.29. The maximum Gasteiger partial charge on any atom is 0.309 e. The van der Waals surface area contributed by atoms with Gasteiger partial charge >= 0.3 is 6.01 Å². The van der Waals surface area contributed by atoms with Gasteiger partial charge in [0.05, 0.1) is 18.7 Å². The van der Waals surface area contributed by atoms with Crippen molar-refractivity contribution in [2.24, 2.45) is 0 Å². The highest BCUT2D eigenvalue weighted by Crippen LogP contribution is 2.26. The second-order valence-corrected chi connectivity index (χ2v) is 7.30. The Labute approximate surface area is 174 Å². The van der Waals surface area contributed by atoms with Crippen molar-refractivity contribution in [2.45, 2.75) is 6.42 Å². The van der Waals surface area contributed by atoms with Crippen molar-refractivity contribution in [3.05, 3.63) is 54.9 Å². The van der Waals surface area contributed by atoms with Crippen LogP contribution in [0.5, 0.6) is 11.8 Å². The van der Waals surface area contributed by atoms with Crippen LogP contribution in [0.15, 0.2) is 54.9 Å². The quantitative estimate of drug-likeness (QED) is 0.474. The number of benzene rings is 2. The first kappa shape index (κ1) is 18.8. The Morgan fingerprint density at radius 3 is 2.73 bits per heavy atom. The van der Waals surface area contributed by atoms with Crippen LogP contribution in [0.1, 0.15) is 6.42 Å². The second kappa shape index (κ2) is 8.64. The highest BCUT2D eigenvalue weighted by atomic mass is 16.5. The van der Waals surface area contributed by atoms with E-state index < -0.39 is 0 Å². The minimum absolute atomic E-state index is 0.444. The van der Waals surface area contributed by atoms with Crippen LogP contribution >= 0.6 is 0 Å². The second-order valence-electron chi connectivity index (χ2n) is 7.30. The summed E-state index contributed by atoms with van der Waals surface area (Å²) >= 11 is 0. The summed E-state index contributed by atoms with van der Waals surface area (Å²) in [6.45, 7) is 5.80. The zero-order valence-electron chi connectivity index (χ0n) is 16.7. The summed E-state index contributed by atoms with van der Waals surface area (Å²) < 4.78 is 13.2. The topological polar surface area (TPSA) is 76.8 Å². The minimum Gasteiger partial charge on any atom is -0.425 e. The van der Waals surface area contributed by atoms with E-state index in [2.05, 4.69) is 25.4 Å². The van der Waals surface area contributed by atoms with Gasteiger partial charge in [-0.1, -0.05) is 12.1 Å². The number of anilines is 1. The van der Waals surface area contributed by atoms with Gasteiger partial charge in [-0.15, -0.1) is 10.2 Å². The van der Waals surface area contributed by atoms with Gasteiger partial charge < -0.3 is 14.8 Å². The number of aromatic nitrogens is 4. The van der Waals surface area contributed by atoms with E-state index in [-0.39, 0.29) is 0 Å². The third-order valence-corrected chi connectivity index (χ3v) is 5.26. The third kappa shape index (κ3) is 4.05. The lowest BCUT2D eigenvalue weighted by Crippen LogP contribution is -2.37. The molecule has 1 fully saturated rings. The van der Waals surface area contributed by atoms with E-state index in [1.807, 2.05) is 48.5 Å². The van der Waals surface area contributed by atoms with Gasteiger partial charge in [-0.05, 0) is 49.4 Å². The molecule has 1 saturated heterocycles. The van der Waals surface area contributed by atoms with E-state index in [1.165, 1.54) is 0 Å². The highest BCUT2D eigenvalue weighted by Gasteiger charge is 2.12. The minimum atomic E-state index is 0.444. The first-order chi connectivity index (χ1) is 14.9. The standard InChI is InChI=1S/C22H24N6O2/c1-2-5-20-19(4-1)21-26-24-16-28(21)22(25-20)30-18-8-6-17(7-9-18)23-10-3-11-27-12-14-29-15-13-27/h1-2,4-9,16,23H,3,10-15H2. The smallest absolute Gasteiger partial charge is 0.309 e. The molecule has 0 aliphatic carbocycles. The van der Waals surface area contributed by atoms with Crippen LogP contribution in [-0.2, 0) is 4.74 Å². The molecule has 1 aliphatic heterocycles. The van der Waals surface area contributed by atoms with Gasteiger partial charge in [0.25, 0.3) is 0 Å². The average molecular weight is 404 g/mol. The number of ether oxygens (including phenoxy) is 2. The molecule has 0 amide bonds. The van der Waals surface area contributed by atoms with Crippen LogP contribution in [0.4, 0.5) is 5.69 Å². The molecule has 5 rings (SSSR count). The maximum atomic E-state index is 6.04. The Balaban J connectivity index is 1.22. The molecule has 4 aromatic rings. The maximum absolute atomic E-state index is 6.04. The first-order valence-electron chi connectivity index (χ1n) is 10.3. The summed E-state index contributed by atoms with van der Waals surface area (Å²) in [7, 11) is 0. The van der Waals surface area contributed by atoms with E-state index in [1.54, 1.807) is 10.7 Å². The molecule has 154 valence electrons. The Bertz CT molecular complexity index is 1120. The molecule has 3 heterocycles. The number of fused-ring (bicyclic) bond motifs is 3. The predicted octanol–water partition coefficient (Wildman–Crippen LogP) is 3.20. The van der Waals surface area contributed by atoms with Crippen LogP contribution in [0, 0.1) is 0 Å². The zero-order valence-corrected chi connectivity index (χ0v) is 16.7. The van der Waals surface area contributed by atoms with Crippen LogP contribution in [-0.4, -0.2) is 63.9 Å². The van der Waals surface area contributed by atoms with Gasteiger partial charge in [0.2, 0.25) is 0 Å². The summed E-state index contributed by atoms with van der Waals surface area (Å²) in [6, 6.07) is 16.2. The van der Waals surface area contributed by atoms with Crippen molar-refractivity contribution in [2.75, 3.05) is 44.7 Å². The van der Waals surface area contributed by atoms with Crippen molar-refractivity contribution >= 4 is 22.2 Å². The number of nitrogens with zero attached hydrogens (tertiary/aromatic N) is 5. The van der Waals surface area contributed by atoms with Gasteiger partial charge in [0.15, 0.2) is 5.65 Å². The predicted molar refractivity (Wildman–Crippen MR) is 115 cm³/mol. The fourth-order valence-corrected chi connectivity index (χ4v) is 3.65. The van der Waals surface area contributed by atoms with Crippen LogP contribution in [0.25, 0.3) is 16.6 Å². The number of hydrogen-bond acceptors (Lipinski definition) is 7. The van der Waals surface area contributed by atoms with Crippen molar-refractivity contribution in [3.8, 4) is 11.8 Å². The first-order valence-corrected chi connectivity index (χ1v) is 10.3. The van der Waals surface area contributed by atoms with Gasteiger partial charge in [0, 0.05) is 30.7 Å². The molecule has 0 radical (unpaired) electrons. The van der Waals surface area contributed by atoms with Gasteiger partial charge in [0.1, 0.15) is 12.1 Å². The lowest BCUT2D eigenvalue weighted by atomic mass is 10.2. The molecule has 0 atom stereocenters. The lowest BCUT2D eigenvalue weighted by Gasteiger charge is -2.26. The molecule has 8 nitrogen and oxygen atoms in total. The molecule has 0 spiro atoms. The van der Waals surface area contributed by atoms with E-state index in [0.717, 1.165) is 68.1 Å². The summed E-state index contributed by atoms with van der Waals surface area (Å²) in [5, 5.41) is 12.6. The molecule has 30 heavy (non-hydrogen) atoms.